The number of rotatable bonds is 4. The molecule has 6 rings (SSSR count). The molecule has 1 aromatic carbocycles. The number of aryl methyl sites for hydroxylation is 1. The quantitative estimate of drug-likeness (QED) is 0.485. The summed E-state index contributed by atoms with van der Waals surface area (Å²) in [5.74, 6) is 0. The Balaban J connectivity index is 1.43. The van der Waals surface area contributed by atoms with Crippen LogP contribution in [0.5, 0.6) is 0 Å². The van der Waals surface area contributed by atoms with Crippen LogP contribution in [0, 0.1) is 0 Å². The monoisotopic (exact) mass is 417 g/mol. The average Bonchev–Trinajstić information content (AvgIpc) is 3.52. The van der Waals surface area contributed by atoms with Crippen molar-refractivity contribution in [1.82, 2.24) is 34.2 Å². The second-order valence-electron chi connectivity index (χ2n) is 7.58. The van der Waals surface area contributed by atoms with Crippen molar-refractivity contribution in [3.8, 4) is 0 Å². The Bertz CT molecular complexity index is 1460. The summed E-state index contributed by atoms with van der Waals surface area (Å²) in [6.45, 7) is 2.86. The molecular formula is C21H19N7OS. The van der Waals surface area contributed by atoms with Gasteiger partial charge in [0.15, 0.2) is 5.65 Å². The lowest BCUT2D eigenvalue weighted by Gasteiger charge is -2.09. The maximum Gasteiger partial charge on any atom is 0.291 e. The predicted octanol–water partition coefficient (Wildman–Crippen LogP) is 2.24. The molecule has 0 spiro atoms. The van der Waals surface area contributed by atoms with Gasteiger partial charge in [-0.15, -0.1) is 11.3 Å². The van der Waals surface area contributed by atoms with Crippen LogP contribution in [-0.2, 0) is 33.2 Å². The molecule has 30 heavy (non-hydrogen) atoms. The molecule has 0 radical (unpaired) electrons. The van der Waals surface area contributed by atoms with Crippen molar-refractivity contribution in [3.05, 3.63) is 75.2 Å². The third-order valence-electron chi connectivity index (χ3n) is 5.75. The van der Waals surface area contributed by atoms with E-state index in [1.54, 1.807) is 34.7 Å². The number of fused-ring (bicyclic) bond motifs is 4. The maximum absolute atomic E-state index is 13.3. The Morgan fingerprint density at radius 3 is 3.03 bits per heavy atom. The van der Waals surface area contributed by atoms with Gasteiger partial charge in [0.2, 0.25) is 0 Å². The Hall–Kier alpha value is -3.30. The van der Waals surface area contributed by atoms with Crippen molar-refractivity contribution in [3.63, 3.8) is 0 Å². The minimum Gasteiger partial charge on any atom is -0.331 e. The van der Waals surface area contributed by atoms with Gasteiger partial charge >= 0.3 is 0 Å². The van der Waals surface area contributed by atoms with E-state index in [9.17, 15) is 4.79 Å². The summed E-state index contributed by atoms with van der Waals surface area (Å²) >= 11 is 1.60. The van der Waals surface area contributed by atoms with Crippen LogP contribution in [0.3, 0.4) is 0 Å². The van der Waals surface area contributed by atoms with E-state index in [-0.39, 0.29) is 5.56 Å². The summed E-state index contributed by atoms with van der Waals surface area (Å²) in [4.78, 5) is 22.1. The van der Waals surface area contributed by atoms with E-state index in [1.807, 2.05) is 22.4 Å². The molecule has 0 atom stereocenters. The molecule has 0 amide bonds. The van der Waals surface area contributed by atoms with Crippen LogP contribution < -0.4 is 10.9 Å². The number of aromatic nitrogens is 6. The molecule has 1 N–H and O–H groups in total. The van der Waals surface area contributed by atoms with E-state index in [0.717, 1.165) is 39.4 Å². The van der Waals surface area contributed by atoms with Crippen molar-refractivity contribution in [2.75, 3.05) is 0 Å². The molecule has 9 heteroatoms. The second-order valence-corrected chi connectivity index (χ2v) is 8.67. The summed E-state index contributed by atoms with van der Waals surface area (Å²) in [5, 5.41) is 9.73. The molecule has 150 valence electrons. The van der Waals surface area contributed by atoms with Crippen LogP contribution in [0.4, 0.5) is 0 Å². The zero-order chi connectivity index (χ0) is 20.2. The summed E-state index contributed by atoms with van der Waals surface area (Å²) < 4.78 is 6.45. The lowest BCUT2D eigenvalue weighted by Crippen LogP contribution is -2.25. The van der Waals surface area contributed by atoms with Crippen LogP contribution in [0.1, 0.15) is 21.7 Å². The first-order valence-corrected chi connectivity index (χ1v) is 10.6. The molecule has 0 unspecified atom stereocenters. The fourth-order valence-electron chi connectivity index (χ4n) is 4.26. The van der Waals surface area contributed by atoms with Gasteiger partial charge in [0, 0.05) is 37.9 Å². The smallest absolute Gasteiger partial charge is 0.291 e. The van der Waals surface area contributed by atoms with Gasteiger partial charge in [-0.05, 0) is 16.7 Å². The van der Waals surface area contributed by atoms with Gasteiger partial charge in [-0.2, -0.15) is 5.10 Å². The first kappa shape index (κ1) is 17.5. The van der Waals surface area contributed by atoms with Crippen LogP contribution in [0.25, 0.3) is 21.3 Å². The van der Waals surface area contributed by atoms with E-state index < -0.39 is 0 Å². The Kier molecular flexibility index (Phi) is 3.87. The van der Waals surface area contributed by atoms with Crippen LogP contribution in [-0.4, -0.2) is 28.9 Å². The molecule has 0 aliphatic carbocycles. The number of imidazole rings is 1. The molecule has 1 aliphatic heterocycles. The van der Waals surface area contributed by atoms with Crippen LogP contribution in [0.2, 0.25) is 0 Å². The third-order valence-corrected chi connectivity index (χ3v) is 6.82. The Morgan fingerprint density at radius 2 is 2.17 bits per heavy atom. The molecule has 0 bridgehead atoms. The molecule has 0 saturated heterocycles. The number of benzene rings is 1. The Labute approximate surface area is 175 Å². The van der Waals surface area contributed by atoms with Gasteiger partial charge in [0.1, 0.15) is 10.5 Å². The average molecular weight is 417 g/mol. The fourth-order valence-corrected chi connectivity index (χ4v) is 5.38. The highest BCUT2D eigenvalue weighted by Gasteiger charge is 2.20. The standard InChI is InChI=1S/C21H19N7OS/c1-26-18-16(19-20(26)25-17(30-19)11-27-6-5-22-12-27)9-24-28(21(18)29)10-14-4-2-3-13-7-23-8-15(13)14/h2-6,9,12,23H,7-8,10-11H2,1H3. The van der Waals surface area contributed by atoms with E-state index >= 15 is 0 Å². The molecule has 5 aromatic rings. The zero-order valence-electron chi connectivity index (χ0n) is 16.4. The van der Waals surface area contributed by atoms with Crippen molar-refractivity contribution >= 4 is 32.6 Å². The van der Waals surface area contributed by atoms with Crippen molar-refractivity contribution in [1.29, 1.82) is 0 Å². The number of nitrogens with one attached hydrogen (secondary N) is 1. The van der Waals surface area contributed by atoms with Crippen LogP contribution >= 0.6 is 11.3 Å². The minimum atomic E-state index is -0.0834. The molecule has 8 nitrogen and oxygen atoms in total. The number of nitrogens with zero attached hydrogens (tertiary/aromatic N) is 6. The number of hydrogen-bond donors (Lipinski definition) is 1. The highest BCUT2D eigenvalue weighted by Crippen LogP contribution is 2.31. The number of thiazole rings is 1. The van der Waals surface area contributed by atoms with Crippen molar-refractivity contribution in [2.45, 2.75) is 26.2 Å². The predicted molar refractivity (Wildman–Crippen MR) is 116 cm³/mol. The highest BCUT2D eigenvalue weighted by molar-refractivity contribution is 7.19. The summed E-state index contributed by atoms with van der Waals surface area (Å²) in [6, 6.07) is 6.27. The van der Waals surface area contributed by atoms with E-state index in [2.05, 4.69) is 33.6 Å². The molecule has 4 aromatic heterocycles. The first-order chi connectivity index (χ1) is 14.7. The maximum atomic E-state index is 13.3. The normalized spacial score (nSPS) is 13.5. The lowest BCUT2D eigenvalue weighted by molar-refractivity contribution is 0.639. The van der Waals surface area contributed by atoms with Gasteiger partial charge in [-0.1, -0.05) is 18.2 Å². The second kappa shape index (κ2) is 6.61. The minimum absolute atomic E-state index is 0.0834. The summed E-state index contributed by atoms with van der Waals surface area (Å²) in [7, 11) is 1.90. The molecule has 0 saturated carbocycles. The molecule has 5 heterocycles. The highest BCUT2D eigenvalue weighted by atomic mass is 32.1. The van der Waals surface area contributed by atoms with Gasteiger partial charge in [0.05, 0.1) is 30.3 Å². The fraction of sp³-hybridized carbons (Fsp3) is 0.238. The van der Waals surface area contributed by atoms with Crippen LogP contribution in [0.15, 0.2) is 47.9 Å². The zero-order valence-corrected chi connectivity index (χ0v) is 17.2. The first-order valence-electron chi connectivity index (χ1n) is 9.79. The van der Waals surface area contributed by atoms with Gasteiger partial charge in [-0.25, -0.2) is 14.6 Å². The van der Waals surface area contributed by atoms with Crippen molar-refractivity contribution in [2.24, 2.45) is 7.05 Å². The van der Waals surface area contributed by atoms with E-state index in [1.165, 1.54) is 11.1 Å². The summed E-state index contributed by atoms with van der Waals surface area (Å²) in [6.07, 6.45) is 7.26. The lowest BCUT2D eigenvalue weighted by atomic mass is 10.0. The van der Waals surface area contributed by atoms with E-state index in [0.29, 0.717) is 18.6 Å². The van der Waals surface area contributed by atoms with Gasteiger partial charge < -0.3 is 14.5 Å². The van der Waals surface area contributed by atoms with Gasteiger partial charge in [-0.3, -0.25) is 4.79 Å². The molecule has 1 aliphatic rings. The SMILES string of the molecule is Cn1c2nc(Cn3ccnc3)sc2c2cnn(Cc3cccc4c3CNC4)c(=O)c21. The van der Waals surface area contributed by atoms with Gasteiger partial charge in [0.25, 0.3) is 5.56 Å². The van der Waals surface area contributed by atoms with E-state index in [4.69, 9.17) is 4.98 Å². The van der Waals surface area contributed by atoms with Crippen molar-refractivity contribution < 1.29 is 0 Å². The topological polar surface area (TPSA) is 82.6 Å². The molecular weight excluding hydrogens is 398 g/mol. The third kappa shape index (κ3) is 2.62. The molecule has 0 fully saturated rings. The number of hydrogen-bond acceptors (Lipinski definition) is 6. The summed E-state index contributed by atoms with van der Waals surface area (Å²) in [5.41, 5.74) is 5.12. The Morgan fingerprint density at radius 1 is 1.23 bits per heavy atom. The largest absolute Gasteiger partial charge is 0.331 e.